The second-order valence-electron chi connectivity index (χ2n) is 5.33. The molecule has 3 nitrogen and oxygen atoms in total. The van der Waals surface area contributed by atoms with Crippen molar-refractivity contribution in [1.29, 1.82) is 0 Å². The Bertz CT molecular complexity index is 174. The van der Waals surface area contributed by atoms with E-state index in [1.165, 1.54) is 32.1 Å². The first-order valence-corrected chi connectivity index (χ1v) is 6.03. The molecule has 2 N–H and O–H groups in total. The molecular weight excluding hydrogens is 190 g/mol. The lowest BCUT2D eigenvalue weighted by Crippen LogP contribution is -2.44. The van der Waals surface area contributed by atoms with Gasteiger partial charge in [0.1, 0.15) is 0 Å². The topological polar surface area (TPSA) is 43.7 Å². The van der Waals surface area contributed by atoms with Crippen LogP contribution in [0.3, 0.4) is 0 Å². The van der Waals surface area contributed by atoms with E-state index in [1.807, 2.05) is 6.92 Å². The molecule has 0 bridgehead atoms. The molecule has 1 rings (SSSR count). The lowest BCUT2D eigenvalue weighted by molar-refractivity contribution is 0.0257. The second kappa shape index (κ2) is 5.83. The maximum atomic E-state index is 9.25. The molecule has 1 aliphatic rings. The maximum absolute atomic E-state index is 9.25. The highest BCUT2D eigenvalue weighted by atomic mass is 16.3. The summed E-state index contributed by atoms with van der Waals surface area (Å²) in [6.07, 6.45) is 6.54. The average Bonchev–Trinajstić information content (AvgIpc) is 2.30. The summed E-state index contributed by atoms with van der Waals surface area (Å²) in [5.41, 5.74) is -0.355. The molecule has 0 spiro atoms. The fourth-order valence-corrected chi connectivity index (χ4v) is 2.40. The minimum atomic E-state index is -0.355. The summed E-state index contributed by atoms with van der Waals surface area (Å²) in [5, 5.41) is 18.5. The van der Waals surface area contributed by atoms with Gasteiger partial charge in [0.25, 0.3) is 0 Å². The standard InChI is InChI=1S/C12H25NO2/c1-12(9-14,10-15)8-13(2)11-6-4-3-5-7-11/h11,14-15H,3-10H2,1-2H3. The summed E-state index contributed by atoms with van der Waals surface area (Å²) in [6, 6.07) is 0.649. The van der Waals surface area contributed by atoms with Crippen molar-refractivity contribution in [3.05, 3.63) is 0 Å². The highest BCUT2D eigenvalue weighted by Crippen LogP contribution is 2.24. The van der Waals surface area contributed by atoms with Crippen LogP contribution < -0.4 is 0 Å². The molecule has 15 heavy (non-hydrogen) atoms. The fraction of sp³-hybridized carbons (Fsp3) is 1.00. The third-order valence-corrected chi connectivity index (χ3v) is 3.59. The van der Waals surface area contributed by atoms with Crippen LogP contribution in [0.25, 0.3) is 0 Å². The fourth-order valence-electron chi connectivity index (χ4n) is 2.40. The minimum absolute atomic E-state index is 0.0561. The van der Waals surface area contributed by atoms with Crippen LogP contribution in [0.5, 0.6) is 0 Å². The van der Waals surface area contributed by atoms with Crippen molar-refractivity contribution < 1.29 is 10.2 Å². The smallest absolute Gasteiger partial charge is 0.0519 e. The van der Waals surface area contributed by atoms with Crippen molar-refractivity contribution in [1.82, 2.24) is 4.90 Å². The van der Waals surface area contributed by atoms with Gasteiger partial charge in [-0.15, -0.1) is 0 Å². The first-order chi connectivity index (χ1) is 7.11. The Morgan fingerprint density at radius 1 is 1.13 bits per heavy atom. The Balaban J connectivity index is 2.41. The summed E-state index contributed by atoms with van der Waals surface area (Å²) in [6.45, 7) is 2.83. The van der Waals surface area contributed by atoms with Crippen LogP contribution in [0.4, 0.5) is 0 Å². The van der Waals surface area contributed by atoms with Crippen LogP contribution in [0.2, 0.25) is 0 Å². The lowest BCUT2D eigenvalue weighted by Gasteiger charge is -2.37. The van der Waals surface area contributed by atoms with Crippen molar-refractivity contribution in [2.75, 3.05) is 26.8 Å². The molecule has 0 saturated heterocycles. The third kappa shape index (κ3) is 3.74. The van der Waals surface area contributed by atoms with Crippen molar-refractivity contribution in [3.63, 3.8) is 0 Å². The largest absolute Gasteiger partial charge is 0.396 e. The first kappa shape index (κ1) is 12.9. The predicted molar refractivity (Wildman–Crippen MR) is 61.8 cm³/mol. The van der Waals surface area contributed by atoms with Gasteiger partial charge in [0, 0.05) is 18.0 Å². The van der Waals surface area contributed by atoms with Crippen LogP contribution in [0.15, 0.2) is 0 Å². The zero-order chi connectivity index (χ0) is 11.3. The van der Waals surface area contributed by atoms with Crippen molar-refractivity contribution in [2.45, 2.75) is 45.1 Å². The van der Waals surface area contributed by atoms with Gasteiger partial charge in [-0.2, -0.15) is 0 Å². The average molecular weight is 215 g/mol. The van der Waals surface area contributed by atoms with Crippen LogP contribution in [0.1, 0.15) is 39.0 Å². The number of aliphatic hydroxyl groups excluding tert-OH is 2. The molecule has 0 aromatic rings. The highest BCUT2D eigenvalue weighted by molar-refractivity contribution is 4.81. The van der Waals surface area contributed by atoms with Crippen molar-refractivity contribution in [3.8, 4) is 0 Å². The molecule has 0 aromatic heterocycles. The van der Waals surface area contributed by atoms with Crippen molar-refractivity contribution in [2.24, 2.45) is 5.41 Å². The Morgan fingerprint density at radius 3 is 2.13 bits per heavy atom. The summed E-state index contributed by atoms with van der Waals surface area (Å²) < 4.78 is 0. The van der Waals surface area contributed by atoms with E-state index in [4.69, 9.17) is 0 Å². The van der Waals surface area contributed by atoms with Crippen molar-refractivity contribution >= 4 is 0 Å². The molecule has 0 amide bonds. The number of aliphatic hydroxyl groups is 2. The molecule has 3 heteroatoms. The molecule has 0 atom stereocenters. The van der Waals surface area contributed by atoms with Gasteiger partial charge in [-0.1, -0.05) is 26.2 Å². The van der Waals surface area contributed by atoms with Gasteiger partial charge in [-0.25, -0.2) is 0 Å². The SMILES string of the molecule is CN(CC(C)(CO)CO)C1CCCCC1. The summed E-state index contributed by atoms with van der Waals surface area (Å²) in [4.78, 5) is 2.31. The summed E-state index contributed by atoms with van der Waals surface area (Å²) in [7, 11) is 2.11. The summed E-state index contributed by atoms with van der Waals surface area (Å²) in [5.74, 6) is 0. The molecule has 0 heterocycles. The molecule has 1 aliphatic carbocycles. The quantitative estimate of drug-likeness (QED) is 0.725. The first-order valence-electron chi connectivity index (χ1n) is 6.03. The highest BCUT2D eigenvalue weighted by Gasteiger charge is 2.27. The van der Waals surface area contributed by atoms with Gasteiger partial charge in [0.15, 0.2) is 0 Å². The zero-order valence-corrected chi connectivity index (χ0v) is 10.1. The monoisotopic (exact) mass is 215 g/mol. The summed E-state index contributed by atoms with van der Waals surface area (Å²) >= 11 is 0. The number of hydrogen-bond donors (Lipinski definition) is 2. The zero-order valence-electron chi connectivity index (χ0n) is 10.1. The van der Waals surface area contributed by atoms with E-state index in [0.717, 1.165) is 6.54 Å². The Labute approximate surface area is 93.1 Å². The molecule has 1 fully saturated rings. The number of rotatable bonds is 5. The molecule has 0 aliphatic heterocycles. The second-order valence-corrected chi connectivity index (χ2v) is 5.33. The predicted octanol–water partition coefficient (Wildman–Crippen LogP) is 1.24. The number of nitrogens with zero attached hydrogens (tertiary/aromatic N) is 1. The Morgan fingerprint density at radius 2 is 1.67 bits per heavy atom. The van der Waals surface area contributed by atoms with Crippen LogP contribution in [0, 0.1) is 5.41 Å². The van der Waals surface area contributed by atoms with Gasteiger partial charge in [-0.3, -0.25) is 0 Å². The molecule has 0 aromatic carbocycles. The normalized spacial score (nSPS) is 19.8. The lowest BCUT2D eigenvalue weighted by atomic mass is 9.89. The molecule has 1 saturated carbocycles. The van der Waals surface area contributed by atoms with E-state index in [9.17, 15) is 10.2 Å². The van der Waals surface area contributed by atoms with E-state index in [1.54, 1.807) is 0 Å². The van der Waals surface area contributed by atoms with Gasteiger partial charge in [0.05, 0.1) is 13.2 Å². The van der Waals surface area contributed by atoms with E-state index < -0.39 is 0 Å². The minimum Gasteiger partial charge on any atom is -0.396 e. The molecule has 0 radical (unpaired) electrons. The van der Waals surface area contributed by atoms with E-state index >= 15 is 0 Å². The third-order valence-electron chi connectivity index (χ3n) is 3.59. The van der Waals surface area contributed by atoms with Crippen LogP contribution >= 0.6 is 0 Å². The number of hydrogen-bond acceptors (Lipinski definition) is 3. The Kier molecular flexibility index (Phi) is 5.03. The maximum Gasteiger partial charge on any atom is 0.0519 e. The molecule has 0 unspecified atom stereocenters. The van der Waals surface area contributed by atoms with Gasteiger partial charge in [-0.05, 0) is 19.9 Å². The van der Waals surface area contributed by atoms with Gasteiger partial charge >= 0.3 is 0 Å². The van der Waals surface area contributed by atoms with Gasteiger partial charge < -0.3 is 15.1 Å². The van der Waals surface area contributed by atoms with Crippen LogP contribution in [-0.2, 0) is 0 Å². The van der Waals surface area contributed by atoms with Crippen LogP contribution in [-0.4, -0.2) is 48.0 Å². The Hall–Kier alpha value is -0.120. The van der Waals surface area contributed by atoms with E-state index in [0.29, 0.717) is 6.04 Å². The van der Waals surface area contributed by atoms with Gasteiger partial charge in [0.2, 0.25) is 0 Å². The van der Waals surface area contributed by atoms with E-state index in [2.05, 4.69) is 11.9 Å². The molecule has 90 valence electrons. The van der Waals surface area contributed by atoms with E-state index in [-0.39, 0.29) is 18.6 Å². The molecular formula is C12H25NO2.